The molecule has 5 rings (SSSR count). The molecule has 0 fully saturated rings. The first kappa shape index (κ1) is 22.5. The van der Waals surface area contributed by atoms with Crippen LogP contribution in [0.25, 0.3) is 16.8 Å². The zero-order chi connectivity index (χ0) is 23.4. The summed E-state index contributed by atoms with van der Waals surface area (Å²) in [6.07, 6.45) is 3.81. The summed E-state index contributed by atoms with van der Waals surface area (Å²) in [4.78, 5) is 3.69. The molecule has 0 bridgehead atoms. The highest BCUT2D eigenvalue weighted by Crippen LogP contribution is 2.26. The molecule has 170 valence electrons. The lowest BCUT2D eigenvalue weighted by Gasteiger charge is -2.14. The predicted octanol–water partition coefficient (Wildman–Crippen LogP) is 2.38. The lowest BCUT2D eigenvalue weighted by atomic mass is 10.1. The van der Waals surface area contributed by atoms with Crippen LogP contribution >= 0.6 is 0 Å². The molecular formula is C23H24FN7O2. The van der Waals surface area contributed by atoms with E-state index in [1.165, 1.54) is 30.5 Å². The molecule has 1 aliphatic heterocycles. The van der Waals surface area contributed by atoms with Crippen LogP contribution in [0.3, 0.4) is 0 Å². The molecule has 0 spiro atoms. The van der Waals surface area contributed by atoms with Gasteiger partial charge in [0.25, 0.3) is 0 Å². The Morgan fingerprint density at radius 2 is 2.15 bits per heavy atom. The summed E-state index contributed by atoms with van der Waals surface area (Å²) in [6, 6.07) is 8.76. The first-order valence-corrected chi connectivity index (χ1v) is 10.4. The van der Waals surface area contributed by atoms with Crippen LogP contribution in [0.5, 0.6) is 0 Å². The Morgan fingerprint density at radius 1 is 1.30 bits per heavy atom. The van der Waals surface area contributed by atoms with E-state index in [1.54, 1.807) is 10.7 Å². The standard InChI is InChI=1S/C15H14N6.C8H10FNO2/c1-10-14-8-17-4-5-20(14)19-15(10)11-2-3-13-12(6-16)7-18-21(13)9-11;1-12-5-8(11)7-3-2-6(9)4-10-7/h2-3,7,9,17H,4-5,8H2,1H3;2-4,8,11H,5H2,1H3. The number of nitrogens with zero attached hydrogens (tertiary/aromatic N) is 6. The van der Waals surface area contributed by atoms with Crippen LogP contribution in [-0.2, 0) is 17.8 Å². The molecule has 0 saturated carbocycles. The van der Waals surface area contributed by atoms with Crippen molar-refractivity contribution in [3.05, 3.63) is 71.2 Å². The van der Waals surface area contributed by atoms with Crippen molar-refractivity contribution >= 4 is 5.52 Å². The minimum Gasteiger partial charge on any atom is -0.384 e. The van der Waals surface area contributed by atoms with Crippen molar-refractivity contribution in [1.29, 1.82) is 5.26 Å². The number of ether oxygens (including phenoxy) is 1. The van der Waals surface area contributed by atoms with E-state index in [9.17, 15) is 9.50 Å². The van der Waals surface area contributed by atoms with Gasteiger partial charge in [-0.1, -0.05) is 0 Å². The number of hydrogen-bond acceptors (Lipinski definition) is 7. The van der Waals surface area contributed by atoms with E-state index in [1.807, 2.05) is 18.3 Å². The van der Waals surface area contributed by atoms with Crippen LogP contribution in [0.1, 0.15) is 28.6 Å². The number of rotatable bonds is 4. The molecule has 0 radical (unpaired) electrons. The van der Waals surface area contributed by atoms with E-state index < -0.39 is 11.9 Å². The third-order valence-corrected chi connectivity index (χ3v) is 5.44. The number of pyridine rings is 2. The van der Waals surface area contributed by atoms with Crippen LogP contribution in [-0.4, -0.2) is 49.7 Å². The first-order chi connectivity index (χ1) is 16.0. The molecule has 0 amide bonds. The first-order valence-electron chi connectivity index (χ1n) is 10.4. The smallest absolute Gasteiger partial charge is 0.141 e. The van der Waals surface area contributed by atoms with Gasteiger partial charge in [-0.15, -0.1) is 0 Å². The Balaban J connectivity index is 0.000000185. The number of aliphatic hydroxyl groups is 1. The molecule has 0 aliphatic carbocycles. The second-order valence-corrected chi connectivity index (χ2v) is 7.61. The van der Waals surface area contributed by atoms with Gasteiger partial charge in [0.15, 0.2) is 0 Å². The number of halogens is 1. The quantitative estimate of drug-likeness (QED) is 0.492. The molecule has 9 nitrogen and oxygen atoms in total. The molecule has 0 aromatic carbocycles. The monoisotopic (exact) mass is 449 g/mol. The summed E-state index contributed by atoms with van der Waals surface area (Å²) >= 11 is 0. The number of methoxy groups -OCH3 is 1. The molecule has 5 heterocycles. The molecule has 1 atom stereocenters. The van der Waals surface area contributed by atoms with Gasteiger partial charge in [0, 0.05) is 32.0 Å². The average Bonchev–Trinajstić information content (AvgIpc) is 3.40. The zero-order valence-electron chi connectivity index (χ0n) is 18.4. The van der Waals surface area contributed by atoms with E-state index in [4.69, 9.17) is 15.1 Å². The molecule has 0 saturated heterocycles. The number of aromatic nitrogens is 5. The van der Waals surface area contributed by atoms with Crippen molar-refractivity contribution in [2.75, 3.05) is 20.3 Å². The number of hydrogen-bond donors (Lipinski definition) is 2. The van der Waals surface area contributed by atoms with Gasteiger partial charge in [-0.25, -0.2) is 8.91 Å². The molecule has 33 heavy (non-hydrogen) atoms. The van der Waals surface area contributed by atoms with E-state index in [2.05, 4.69) is 33.1 Å². The van der Waals surface area contributed by atoms with Crippen LogP contribution in [0.15, 0.2) is 42.9 Å². The summed E-state index contributed by atoms with van der Waals surface area (Å²) in [5, 5.41) is 30.7. The maximum absolute atomic E-state index is 12.4. The van der Waals surface area contributed by atoms with Crippen LogP contribution in [0.4, 0.5) is 4.39 Å². The lowest BCUT2D eigenvalue weighted by Crippen LogP contribution is -2.28. The van der Waals surface area contributed by atoms with Crippen molar-refractivity contribution in [1.82, 2.24) is 29.7 Å². The Kier molecular flexibility index (Phi) is 6.74. The van der Waals surface area contributed by atoms with Gasteiger partial charge in [-0.3, -0.25) is 9.67 Å². The minimum absolute atomic E-state index is 0.165. The normalized spacial score (nSPS) is 13.7. The third-order valence-electron chi connectivity index (χ3n) is 5.44. The summed E-state index contributed by atoms with van der Waals surface area (Å²) in [6.45, 7) is 4.99. The minimum atomic E-state index is -0.782. The Bertz CT molecular complexity index is 1290. The molecule has 2 N–H and O–H groups in total. The van der Waals surface area contributed by atoms with Crippen LogP contribution in [0, 0.1) is 24.1 Å². The Morgan fingerprint density at radius 3 is 2.85 bits per heavy atom. The third kappa shape index (κ3) is 4.75. The molecule has 4 aromatic heterocycles. The number of aliphatic hydroxyl groups excluding tert-OH is 1. The van der Waals surface area contributed by atoms with Gasteiger partial charge < -0.3 is 15.2 Å². The fraction of sp³-hybridized carbons (Fsp3) is 0.304. The summed E-state index contributed by atoms with van der Waals surface area (Å²) < 4.78 is 20.9. The SMILES string of the molecule is COCC(O)c1ccc(F)cn1.Cc1c(-c2ccc3c(C#N)cnn3c2)nn2c1CNCC2. The highest BCUT2D eigenvalue weighted by molar-refractivity contribution is 5.68. The van der Waals surface area contributed by atoms with Crippen molar-refractivity contribution in [2.24, 2.45) is 0 Å². The van der Waals surface area contributed by atoms with Gasteiger partial charge >= 0.3 is 0 Å². The number of nitriles is 1. The zero-order valence-corrected chi connectivity index (χ0v) is 18.4. The fourth-order valence-corrected chi connectivity index (χ4v) is 3.70. The summed E-state index contributed by atoms with van der Waals surface area (Å²) in [5.41, 5.74) is 6.29. The van der Waals surface area contributed by atoms with E-state index in [0.717, 1.165) is 42.6 Å². The van der Waals surface area contributed by atoms with Crippen molar-refractivity contribution < 1.29 is 14.2 Å². The largest absolute Gasteiger partial charge is 0.384 e. The van der Waals surface area contributed by atoms with Gasteiger partial charge in [-0.05, 0) is 36.8 Å². The van der Waals surface area contributed by atoms with Gasteiger partial charge in [0.1, 0.15) is 18.0 Å². The highest BCUT2D eigenvalue weighted by Gasteiger charge is 2.18. The maximum Gasteiger partial charge on any atom is 0.141 e. The van der Waals surface area contributed by atoms with Crippen molar-refractivity contribution in [3.8, 4) is 17.3 Å². The van der Waals surface area contributed by atoms with E-state index in [-0.39, 0.29) is 6.61 Å². The predicted molar refractivity (Wildman–Crippen MR) is 119 cm³/mol. The topological polar surface area (TPSA) is 113 Å². The molecule has 1 unspecified atom stereocenters. The Hall–Kier alpha value is -3.65. The second-order valence-electron chi connectivity index (χ2n) is 7.61. The number of nitrogens with one attached hydrogen (secondary N) is 1. The Labute approximate surface area is 190 Å². The average molecular weight is 449 g/mol. The van der Waals surface area contributed by atoms with Gasteiger partial charge in [0.05, 0.1) is 53.7 Å². The molecular weight excluding hydrogens is 425 g/mol. The van der Waals surface area contributed by atoms with Crippen LogP contribution in [0.2, 0.25) is 0 Å². The molecule has 4 aromatic rings. The second kappa shape index (κ2) is 9.87. The van der Waals surface area contributed by atoms with E-state index >= 15 is 0 Å². The molecule has 1 aliphatic rings. The van der Waals surface area contributed by atoms with Crippen molar-refractivity contribution in [2.45, 2.75) is 26.1 Å². The summed E-state index contributed by atoms with van der Waals surface area (Å²) in [5.74, 6) is -0.414. The van der Waals surface area contributed by atoms with E-state index in [0.29, 0.717) is 11.3 Å². The van der Waals surface area contributed by atoms with Crippen molar-refractivity contribution in [3.63, 3.8) is 0 Å². The van der Waals surface area contributed by atoms with Crippen LogP contribution < -0.4 is 5.32 Å². The number of fused-ring (bicyclic) bond motifs is 2. The highest BCUT2D eigenvalue weighted by atomic mass is 19.1. The molecule has 10 heteroatoms. The fourth-order valence-electron chi connectivity index (χ4n) is 3.70. The van der Waals surface area contributed by atoms with Gasteiger partial charge in [0.2, 0.25) is 0 Å². The van der Waals surface area contributed by atoms with Gasteiger partial charge in [-0.2, -0.15) is 15.5 Å². The maximum atomic E-state index is 12.4. The summed E-state index contributed by atoms with van der Waals surface area (Å²) in [7, 11) is 1.48. The lowest BCUT2D eigenvalue weighted by molar-refractivity contribution is 0.0616.